The number of amides is 1. The van der Waals surface area contributed by atoms with Crippen molar-refractivity contribution < 1.29 is 24.1 Å². The molecule has 1 amide bonds. The van der Waals surface area contributed by atoms with E-state index in [9.17, 15) is 9.90 Å². The van der Waals surface area contributed by atoms with Crippen LogP contribution in [0.25, 0.3) is 0 Å². The Morgan fingerprint density at radius 3 is 2.55 bits per heavy atom. The highest BCUT2D eigenvalue weighted by Crippen LogP contribution is 2.46. The normalized spacial score (nSPS) is 22.3. The molecule has 2 atom stereocenters. The fourth-order valence-corrected chi connectivity index (χ4v) is 2.52. The van der Waals surface area contributed by atoms with Crippen molar-refractivity contribution in [3.63, 3.8) is 0 Å². The van der Waals surface area contributed by atoms with Crippen LogP contribution in [-0.4, -0.2) is 44.1 Å². The zero-order valence-electron chi connectivity index (χ0n) is 13.4. The highest BCUT2D eigenvalue weighted by molar-refractivity contribution is 5.67. The van der Waals surface area contributed by atoms with Gasteiger partial charge in [-0.05, 0) is 19.9 Å². The quantitative estimate of drug-likeness (QED) is 0.877. The van der Waals surface area contributed by atoms with E-state index in [0.29, 0.717) is 17.1 Å². The zero-order chi connectivity index (χ0) is 16.7. The second-order valence-corrected chi connectivity index (χ2v) is 5.96. The topological polar surface area (TPSA) is 94.2 Å². The van der Waals surface area contributed by atoms with Crippen molar-refractivity contribution in [3.05, 3.63) is 17.7 Å². The summed E-state index contributed by atoms with van der Waals surface area (Å²) in [5, 5.41) is 10.4. The minimum atomic E-state index is -1.05. The summed E-state index contributed by atoms with van der Waals surface area (Å²) in [4.78, 5) is 13.1. The average molecular weight is 310 g/mol. The molecule has 1 aliphatic rings. The van der Waals surface area contributed by atoms with Crippen LogP contribution in [0.5, 0.6) is 11.5 Å². The van der Waals surface area contributed by atoms with E-state index in [2.05, 4.69) is 0 Å². The number of hydrogen-bond donors (Lipinski definition) is 2. The Morgan fingerprint density at radius 1 is 1.41 bits per heavy atom. The van der Waals surface area contributed by atoms with E-state index >= 15 is 0 Å². The number of methoxy groups -OCH3 is 1. The van der Waals surface area contributed by atoms with E-state index in [-0.39, 0.29) is 0 Å². The van der Waals surface area contributed by atoms with Gasteiger partial charge in [0.05, 0.1) is 12.8 Å². The fourth-order valence-electron chi connectivity index (χ4n) is 2.52. The lowest BCUT2D eigenvalue weighted by Gasteiger charge is -2.41. The molecule has 1 aromatic carbocycles. The number of aliphatic hydroxyl groups is 1. The van der Waals surface area contributed by atoms with Gasteiger partial charge >= 0.3 is 6.09 Å². The lowest BCUT2D eigenvalue weighted by Crippen LogP contribution is -2.50. The SMILES string of the molecule is COc1cc2c(cc1N(C)C)OC(C)(C)C(O)[C@H]2OC(N)=O. The van der Waals surface area contributed by atoms with Gasteiger partial charge in [0.2, 0.25) is 0 Å². The standard InChI is InChI=1S/C15H22N2O5/c1-15(2)13(18)12(21-14(16)19)8-6-11(20-5)9(17(3)4)7-10(8)22-15/h6-7,12-13,18H,1-5H3,(H2,16,19)/t12-,13?/m0/s1. The summed E-state index contributed by atoms with van der Waals surface area (Å²) in [5.74, 6) is 1.10. The number of nitrogens with zero attached hydrogens (tertiary/aromatic N) is 1. The smallest absolute Gasteiger partial charge is 0.405 e. The number of ether oxygens (including phenoxy) is 3. The van der Waals surface area contributed by atoms with Crippen molar-refractivity contribution in [2.24, 2.45) is 5.73 Å². The Kier molecular flexibility index (Phi) is 4.10. The summed E-state index contributed by atoms with van der Waals surface area (Å²) in [7, 11) is 5.30. The van der Waals surface area contributed by atoms with Crippen molar-refractivity contribution in [1.82, 2.24) is 0 Å². The lowest BCUT2D eigenvalue weighted by molar-refractivity contribution is -0.112. The van der Waals surface area contributed by atoms with Gasteiger partial charge in [-0.25, -0.2) is 4.79 Å². The third-order valence-corrected chi connectivity index (χ3v) is 3.71. The molecule has 122 valence electrons. The minimum Gasteiger partial charge on any atom is -0.495 e. The van der Waals surface area contributed by atoms with Gasteiger partial charge in [-0.2, -0.15) is 0 Å². The molecule has 0 radical (unpaired) electrons. The summed E-state index contributed by atoms with van der Waals surface area (Å²) in [5.41, 5.74) is 5.53. The van der Waals surface area contributed by atoms with Crippen LogP contribution in [-0.2, 0) is 4.74 Å². The molecule has 1 unspecified atom stereocenters. The number of carbonyl (C=O) groups is 1. The van der Waals surface area contributed by atoms with Gasteiger partial charge in [-0.3, -0.25) is 0 Å². The number of aliphatic hydroxyl groups excluding tert-OH is 1. The highest BCUT2D eigenvalue weighted by Gasteiger charge is 2.45. The first-order valence-electron chi connectivity index (χ1n) is 6.89. The Hall–Kier alpha value is -2.15. The first-order chi connectivity index (χ1) is 10.2. The summed E-state index contributed by atoms with van der Waals surface area (Å²) in [6.45, 7) is 3.44. The van der Waals surface area contributed by atoms with Gasteiger partial charge in [0.25, 0.3) is 0 Å². The summed E-state index contributed by atoms with van der Waals surface area (Å²) in [6, 6.07) is 3.48. The van der Waals surface area contributed by atoms with Crippen LogP contribution in [0.3, 0.4) is 0 Å². The van der Waals surface area contributed by atoms with Crippen molar-refractivity contribution in [1.29, 1.82) is 0 Å². The maximum absolute atomic E-state index is 11.2. The maximum atomic E-state index is 11.2. The van der Waals surface area contributed by atoms with Gasteiger partial charge < -0.3 is 30.0 Å². The molecule has 7 heteroatoms. The number of carbonyl (C=O) groups excluding carboxylic acids is 1. The second-order valence-electron chi connectivity index (χ2n) is 5.96. The Labute approximate surface area is 129 Å². The van der Waals surface area contributed by atoms with Crippen LogP contribution >= 0.6 is 0 Å². The molecule has 0 saturated heterocycles. The average Bonchev–Trinajstić information content (AvgIpc) is 2.42. The van der Waals surface area contributed by atoms with Gasteiger partial charge in [0.1, 0.15) is 23.2 Å². The number of nitrogens with two attached hydrogens (primary N) is 1. The van der Waals surface area contributed by atoms with Crippen molar-refractivity contribution >= 4 is 11.8 Å². The Balaban J connectivity index is 2.60. The van der Waals surface area contributed by atoms with Gasteiger partial charge in [-0.15, -0.1) is 0 Å². The molecule has 0 aliphatic carbocycles. The molecule has 2 rings (SSSR count). The molecule has 0 bridgehead atoms. The molecule has 0 spiro atoms. The van der Waals surface area contributed by atoms with Crippen molar-refractivity contribution in [2.75, 3.05) is 26.1 Å². The number of anilines is 1. The summed E-state index contributed by atoms with van der Waals surface area (Å²) >= 11 is 0. The number of fused-ring (bicyclic) bond motifs is 1. The minimum absolute atomic E-state index is 0.519. The number of primary amides is 1. The van der Waals surface area contributed by atoms with E-state index < -0.39 is 23.9 Å². The van der Waals surface area contributed by atoms with Crippen LogP contribution < -0.4 is 20.1 Å². The van der Waals surface area contributed by atoms with Gasteiger partial charge in [-0.1, -0.05) is 0 Å². The third kappa shape index (κ3) is 2.76. The van der Waals surface area contributed by atoms with Crippen LogP contribution in [0.15, 0.2) is 12.1 Å². The summed E-state index contributed by atoms with van der Waals surface area (Å²) < 4.78 is 16.3. The van der Waals surface area contributed by atoms with E-state index in [1.807, 2.05) is 19.0 Å². The van der Waals surface area contributed by atoms with Crippen LogP contribution in [0, 0.1) is 0 Å². The van der Waals surface area contributed by atoms with Crippen LogP contribution in [0.4, 0.5) is 10.5 Å². The molecule has 0 fully saturated rings. The zero-order valence-corrected chi connectivity index (χ0v) is 13.4. The predicted octanol–water partition coefficient (Wildman–Crippen LogP) is 1.43. The number of benzene rings is 1. The third-order valence-electron chi connectivity index (χ3n) is 3.71. The molecule has 1 heterocycles. The van der Waals surface area contributed by atoms with E-state index in [1.54, 1.807) is 33.1 Å². The first-order valence-corrected chi connectivity index (χ1v) is 6.89. The van der Waals surface area contributed by atoms with E-state index in [0.717, 1.165) is 5.69 Å². The van der Waals surface area contributed by atoms with Crippen molar-refractivity contribution in [3.8, 4) is 11.5 Å². The first kappa shape index (κ1) is 16.2. The molecular weight excluding hydrogens is 288 g/mol. The molecule has 7 nitrogen and oxygen atoms in total. The molecule has 1 aromatic rings. The lowest BCUT2D eigenvalue weighted by atomic mass is 9.88. The molecule has 0 saturated carbocycles. The fraction of sp³-hybridized carbons (Fsp3) is 0.533. The van der Waals surface area contributed by atoms with Crippen molar-refractivity contribution in [2.45, 2.75) is 31.7 Å². The Bertz CT molecular complexity index is 586. The number of rotatable bonds is 3. The van der Waals surface area contributed by atoms with Gasteiger partial charge in [0, 0.05) is 25.7 Å². The monoisotopic (exact) mass is 310 g/mol. The Morgan fingerprint density at radius 2 is 2.05 bits per heavy atom. The second kappa shape index (κ2) is 5.57. The maximum Gasteiger partial charge on any atom is 0.405 e. The largest absolute Gasteiger partial charge is 0.495 e. The van der Waals surface area contributed by atoms with E-state index in [4.69, 9.17) is 19.9 Å². The van der Waals surface area contributed by atoms with Gasteiger partial charge in [0.15, 0.2) is 6.10 Å². The molecule has 1 aliphatic heterocycles. The molecule has 3 N–H and O–H groups in total. The number of hydrogen-bond acceptors (Lipinski definition) is 6. The van der Waals surface area contributed by atoms with Crippen LogP contribution in [0.1, 0.15) is 25.5 Å². The highest BCUT2D eigenvalue weighted by atomic mass is 16.6. The van der Waals surface area contributed by atoms with Crippen LogP contribution in [0.2, 0.25) is 0 Å². The summed E-state index contributed by atoms with van der Waals surface area (Å²) in [6.07, 6.45) is -2.92. The molecular formula is C15H22N2O5. The molecule has 0 aromatic heterocycles. The van der Waals surface area contributed by atoms with E-state index in [1.165, 1.54) is 0 Å². The molecule has 22 heavy (non-hydrogen) atoms. The predicted molar refractivity (Wildman–Crippen MR) is 81.4 cm³/mol.